The van der Waals surface area contributed by atoms with Crippen LogP contribution in [0.1, 0.15) is 42.8 Å². The Hall–Kier alpha value is -2.73. The number of benzene rings is 1. The molecule has 0 atom stereocenters. The molecule has 2 aromatic heterocycles. The molecule has 0 spiro atoms. The van der Waals surface area contributed by atoms with Gasteiger partial charge in [0, 0.05) is 42.8 Å². The summed E-state index contributed by atoms with van der Waals surface area (Å²) in [5, 5.41) is 1.46. The first-order valence-electron chi connectivity index (χ1n) is 10.3. The number of aromatic nitrogens is 1. The average molecular weight is 428 g/mol. The number of halogens is 1. The number of esters is 1. The number of piperazine rings is 1. The molecule has 0 radical (unpaired) electrons. The Morgan fingerprint density at radius 3 is 2.40 bits per heavy atom. The molecule has 6 nitrogen and oxygen atoms in total. The summed E-state index contributed by atoms with van der Waals surface area (Å²) in [7, 11) is 0. The molecule has 7 heteroatoms. The van der Waals surface area contributed by atoms with Crippen LogP contribution in [0.4, 0.5) is 11.5 Å². The summed E-state index contributed by atoms with van der Waals surface area (Å²) in [5.41, 5.74) is 2.15. The zero-order valence-corrected chi connectivity index (χ0v) is 18.3. The minimum absolute atomic E-state index is 0.0602. The Morgan fingerprint density at radius 2 is 1.77 bits per heavy atom. The lowest BCUT2D eigenvalue weighted by atomic mass is 10.0. The lowest BCUT2D eigenvalue weighted by Crippen LogP contribution is -2.46. The summed E-state index contributed by atoms with van der Waals surface area (Å²) in [6, 6.07) is 11.8. The number of carbonyl (C=O) groups excluding carboxylic acids is 1. The quantitative estimate of drug-likeness (QED) is 0.527. The fraction of sp³-hybridized carbons (Fsp3) is 0.391. The second-order valence-electron chi connectivity index (χ2n) is 7.69. The van der Waals surface area contributed by atoms with Crippen molar-refractivity contribution < 1.29 is 13.9 Å². The van der Waals surface area contributed by atoms with E-state index in [0.29, 0.717) is 29.0 Å². The lowest BCUT2D eigenvalue weighted by molar-refractivity contribution is 0.0525. The van der Waals surface area contributed by atoms with Gasteiger partial charge in [-0.2, -0.15) is 4.98 Å². The zero-order chi connectivity index (χ0) is 21.3. The Balaban J connectivity index is 1.55. The fourth-order valence-corrected chi connectivity index (χ4v) is 3.95. The molecule has 4 rings (SSSR count). The van der Waals surface area contributed by atoms with Gasteiger partial charge in [0.2, 0.25) is 5.71 Å². The van der Waals surface area contributed by atoms with E-state index in [4.69, 9.17) is 25.7 Å². The van der Waals surface area contributed by atoms with E-state index in [1.807, 2.05) is 38.1 Å². The molecule has 0 unspecified atom stereocenters. The number of rotatable bonds is 5. The van der Waals surface area contributed by atoms with Gasteiger partial charge < -0.3 is 19.0 Å². The van der Waals surface area contributed by atoms with Gasteiger partial charge in [0.1, 0.15) is 17.1 Å². The maximum atomic E-state index is 12.5. The predicted molar refractivity (Wildman–Crippen MR) is 120 cm³/mol. The van der Waals surface area contributed by atoms with Crippen LogP contribution < -0.4 is 9.80 Å². The molecule has 1 aliphatic rings. The van der Waals surface area contributed by atoms with Crippen LogP contribution in [-0.4, -0.2) is 43.7 Å². The van der Waals surface area contributed by atoms with Crippen molar-refractivity contribution in [2.75, 3.05) is 42.6 Å². The van der Waals surface area contributed by atoms with Crippen LogP contribution >= 0.6 is 11.6 Å². The third-order valence-electron chi connectivity index (χ3n) is 5.37. The van der Waals surface area contributed by atoms with Crippen molar-refractivity contribution in [1.82, 2.24) is 4.98 Å². The molecule has 1 saturated heterocycles. The van der Waals surface area contributed by atoms with Crippen molar-refractivity contribution in [3.05, 3.63) is 52.7 Å². The van der Waals surface area contributed by atoms with Gasteiger partial charge in [0.25, 0.3) is 0 Å². The number of carbonyl (C=O) groups is 1. The van der Waals surface area contributed by atoms with E-state index in [9.17, 15) is 4.79 Å². The minimum atomic E-state index is -0.355. The van der Waals surface area contributed by atoms with E-state index < -0.39 is 0 Å². The lowest BCUT2D eigenvalue weighted by Gasteiger charge is -2.36. The van der Waals surface area contributed by atoms with Gasteiger partial charge in [0.15, 0.2) is 0 Å². The maximum absolute atomic E-state index is 12.5. The molecule has 0 amide bonds. The molecule has 0 aliphatic carbocycles. The predicted octanol–water partition coefficient (Wildman–Crippen LogP) is 5.11. The van der Waals surface area contributed by atoms with E-state index >= 15 is 0 Å². The van der Waals surface area contributed by atoms with Gasteiger partial charge in [-0.1, -0.05) is 25.4 Å². The van der Waals surface area contributed by atoms with Gasteiger partial charge in [-0.05, 0) is 43.3 Å². The van der Waals surface area contributed by atoms with Crippen molar-refractivity contribution in [3.8, 4) is 0 Å². The third kappa shape index (κ3) is 3.97. The van der Waals surface area contributed by atoms with E-state index in [2.05, 4.69) is 21.9 Å². The van der Waals surface area contributed by atoms with Crippen molar-refractivity contribution in [1.29, 1.82) is 0 Å². The second kappa shape index (κ2) is 8.56. The van der Waals surface area contributed by atoms with Gasteiger partial charge in [-0.3, -0.25) is 0 Å². The Morgan fingerprint density at radius 1 is 1.10 bits per heavy atom. The van der Waals surface area contributed by atoms with Crippen LogP contribution in [0.5, 0.6) is 0 Å². The van der Waals surface area contributed by atoms with Crippen LogP contribution in [0, 0.1) is 0 Å². The standard InChI is InChI=1S/C23H26ClN3O3/c1-4-29-23(28)20-18-9-10-19(25-22(18)30-21(20)15(2)3)27-13-11-26(12-14-27)17-7-5-16(24)6-8-17/h5-10,15H,4,11-14H2,1-3H3. The van der Waals surface area contributed by atoms with E-state index in [0.717, 1.165) is 37.0 Å². The number of anilines is 2. The minimum Gasteiger partial charge on any atom is -0.462 e. The average Bonchev–Trinajstić information content (AvgIpc) is 3.14. The molecule has 0 bridgehead atoms. The first kappa shape index (κ1) is 20.5. The van der Waals surface area contributed by atoms with Crippen LogP contribution in [0.25, 0.3) is 11.1 Å². The number of ether oxygens (including phenoxy) is 1. The zero-order valence-electron chi connectivity index (χ0n) is 17.5. The van der Waals surface area contributed by atoms with Crippen LogP contribution in [0.15, 0.2) is 40.8 Å². The topological polar surface area (TPSA) is 58.8 Å². The van der Waals surface area contributed by atoms with Gasteiger partial charge in [-0.25, -0.2) is 4.79 Å². The Bertz CT molecular complexity index is 1040. The summed E-state index contributed by atoms with van der Waals surface area (Å²) in [6.07, 6.45) is 0. The maximum Gasteiger partial charge on any atom is 0.342 e. The molecule has 30 heavy (non-hydrogen) atoms. The second-order valence-corrected chi connectivity index (χ2v) is 8.13. The summed E-state index contributed by atoms with van der Waals surface area (Å²) in [4.78, 5) is 21.8. The van der Waals surface area contributed by atoms with E-state index in [1.165, 1.54) is 5.69 Å². The van der Waals surface area contributed by atoms with Gasteiger partial charge in [-0.15, -0.1) is 0 Å². The Kier molecular flexibility index (Phi) is 5.86. The molecule has 1 fully saturated rings. The molecule has 158 valence electrons. The number of hydrogen-bond acceptors (Lipinski definition) is 6. The molecule has 1 aromatic carbocycles. The number of fused-ring (bicyclic) bond motifs is 1. The Labute approximate surface area is 181 Å². The molecular formula is C23H26ClN3O3. The van der Waals surface area contributed by atoms with Gasteiger partial charge in [0.05, 0.1) is 12.0 Å². The highest BCUT2D eigenvalue weighted by atomic mass is 35.5. The number of furan rings is 1. The molecule has 0 saturated carbocycles. The van der Waals surface area contributed by atoms with E-state index in [-0.39, 0.29) is 11.9 Å². The number of hydrogen-bond donors (Lipinski definition) is 0. The van der Waals surface area contributed by atoms with Crippen LogP contribution in [-0.2, 0) is 4.74 Å². The molecule has 1 aliphatic heterocycles. The summed E-state index contributed by atoms with van der Waals surface area (Å²) < 4.78 is 11.2. The van der Waals surface area contributed by atoms with Gasteiger partial charge >= 0.3 is 5.97 Å². The first-order valence-corrected chi connectivity index (χ1v) is 10.7. The molecule has 3 aromatic rings. The smallest absolute Gasteiger partial charge is 0.342 e. The molecule has 3 heterocycles. The number of pyridine rings is 1. The highest BCUT2D eigenvalue weighted by molar-refractivity contribution is 6.30. The summed E-state index contributed by atoms with van der Waals surface area (Å²) in [5.74, 6) is 1.19. The largest absolute Gasteiger partial charge is 0.462 e. The monoisotopic (exact) mass is 427 g/mol. The summed E-state index contributed by atoms with van der Waals surface area (Å²) in [6.45, 7) is 9.61. The van der Waals surface area contributed by atoms with Crippen molar-refractivity contribution in [2.24, 2.45) is 0 Å². The highest BCUT2D eigenvalue weighted by Crippen LogP contribution is 2.32. The van der Waals surface area contributed by atoms with Crippen molar-refractivity contribution in [3.63, 3.8) is 0 Å². The number of nitrogens with zero attached hydrogens (tertiary/aromatic N) is 3. The van der Waals surface area contributed by atoms with Crippen molar-refractivity contribution >= 4 is 40.2 Å². The molecular weight excluding hydrogens is 402 g/mol. The molecule has 0 N–H and O–H groups in total. The summed E-state index contributed by atoms with van der Waals surface area (Å²) >= 11 is 6.00. The fourth-order valence-electron chi connectivity index (χ4n) is 3.83. The SMILES string of the molecule is CCOC(=O)c1c(C(C)C)oc2nc(N3CCN(c4ccc(Cl)cc4)CC3)ccc12. The van der Waals surface area contributed by atoms with Crippen molar-refractivity contribution in [2.45, 2.75) is 26.7 Å². The normalized spacial score (nSPS) is 14.6. The van der Waals surface area contributed by atoms with E-state index in [1.54, 1.807) is 6.92 Å². The third-order valence-corrected chi connectivity index (χ3v) is 5.62. The van der Waals surface area contributed by atoms with Crippen LogP contribution in [0.3, 0.4) is 0 Å². The highest BCUT2D eigenvalue weighted by Gasteiger charge is 2.26. The first-order chi connectivity index (χ1) is 14.5. The van der Waals surface area contributed by atoms with Crippen LogP contribution in [0.2, 0.25) is 5.02 Å².